The Hall–Kier alpha value is -0.570. The molecule has 0 spiro atoms. The zero-order chi connectivity index (χ0) is 13.0. The van der Waals surface area contributed by atoms with Gasteiger partial charge in [-0.3, -0.25) is 4.79 Å². The molecule has 17 heavy (non-hydrogen) atoms. The van der Waals surface area contributed by atoms with Crippen molar-refractivity contribution in [3.63, 3.8) is 0 Å². The summed E-state index contributed by atoms with van der Waals surface area (Å²) in [5.74, 6) is 1.69. The predicted molar refractivity (Wildman–Crippen MR) is 71.6 cm³/mol. The Balaban J connectivity index is 2.60. The standard InChI is InChI=1S/C14H28N2O/c1-10-8-12(3)13(4)16(9-10)14(17)11(2)6-5-7-15/h10-13H,5-9,15H2,1-4H3. The van der Waals surface area contributed by atoms with Crippen LogP contribution in [0.15, 0.2) is 0 Å². The highest BCUT2D eigenvalue weighted by Gasteiger charge is 2.33. The van der Waals surface area contributed by atoms with Gasteiger partial charge in [0.1, 0.15) is 0 Å². The van der Waals surface area contributed by atoms with E-state index in [1.807, 2.05) is 6.92 Å². The molecule has 1 saturated heterocycles. The molecule has 4 unspecified atom stereocenters. The Labute approximate surface area is 106 Å². The third kappa shape index (κ3) is 3.70. The molecule has 1 amide bonds. The smallest absolute Gasteiger partial charge is 0.225 e. The van der Waals surface area contributed by atoms with Crippen molar-refractivity contribution >= 4 is 5.91 Å². The maximum absolute atomic E-state index is 12.4. The van der Waals surface area contributed by atoms with Crippen LogP contribution in [0.25, 0.3) is 0 Å². The molecule has 1 heterocycles. The minimum atomic E-state index is 0.124. The minimum absolute atomic E-state index is 0.124. The summed E-state index contributed by atoms with van der Waals surface area (Å²) in [5.41, 5.74) is 5.50. The molecule has 0 radical (unpaired) electrons. The molecular formula is C14H28N2O. The van der Waals surface area contributed by atoms with Crippen LogP contribution in [0, 0.1) is 17.8 Å². The van der Waals surface area contributed by atoms with Gasteiger partial charge in [0.15, 0.2) is 0 Å². The van der Waals surface area contributed by atoms with Gasteiger partial charge in [0, 0.05) is 18.5 Å². The Bertz CT molecular complexity index is 255. The summed E-state index contributed by atoms with van der Waals surface area (Å²) < 4.78 is 0. The normalized spacial score (nSPS) is 31.4. The first kappa shape index (κ1) is 14.5. The number of amides is 1. The van der Waals surface area contributed by atoms with Crippen molar-refractivity contribution in [1.82, 2.24) is 4.90 Å². The lowest BCUT2D eigenvalue weighted by molar-refractivity contribution is -0.141. The predicted octanol–water partition coefficient (Wildman–Crippen LogP) is 2.25. The van der Waals surface area contributed by atoms with E-state index in [4.69, 9.17) is 5.73 Å². The van der Waals surface area contributed by atoms with E-state index in [0.29, 0.717) is 30.3 Å². The highest BCUT2D eigenvalue weighted by Crippen LogP contribution is 2.28. The molecule has 3 nitrogen and oxygen atoms in total. The second kappa shape index (κ2) is 6.39. The number of piperidine rings is 1. The summed E-state index contributed by atoms with van der Waals surface area (Å²) in [7, 11) is 0. The highest BCUT2D eigenvalue weighted by atomic mass is 16.2. The van der Waals surface area contributed by atoms with Crippen LogP contribution in [0.2, 0.25) is 0 Å². The molecule has 0 aromatic carbocycles. The molecule has 1 rings (SSSR count). The molecule has 3 heteroatoms. The number of nitrogens with zero attached hydrogens (tertiary/aromatic N) is 1. The third-order valence-corrected chi connectivity index (χ3v) is 4.14. The zero-order valence-corrected chi connectivity index (χ0v) is 11.8. The van der Waals surface area contributed by atoms with Crippen LogP contribution >= 0.6 is 0 Å². The SMILES string of the molecule is CC1CC(C)C(C)N(C(=O)C(C)CCCN)C1. The van der Waals surface area contributed by atoms with E-state index in [2.05, 4.69) is 25.7 Å². The van der Waals surface area contributed by atoms with Gasteiger partial charge in [-0.1, -0.05) is 20.8 Å². The number of hydrogen-bond acceptors (Lipinski definition) is 2. The molecule has 1 aliphatic heterocycles. The zero-order valence-electron chi connectivity index (χ0n) is 11.8. The van der Waals surface area contributed by atoms with Crippen LogP contribution in [0.4, 0.5) is 0 Å². The molecule has 1 fully saturated rings. The molecule has 0 aromatic heterocycles. The summed E-state index contributed by atoms with van der Waals surface area (Å²) in [5, 5.41) is 0. The molecule has 100 valence electrons. The van der Waals surface area contributed by atoms with Crippen molar-refractivity contribution in [1.29, 1.82) is 0 Å². The van der Waals surface area contributed by atoms with Crippen molar-refractivity contribution < 1.29 is 4.79 Å². The fourth-order valence-corrected chi connectivity index (χ4v) is 2.84. The van der Waals surface area contributed by atoms with Gasteiger partial charge >= 0.3 is 0 Å². The number of likely N-dealkylation sites (tertiary alicyclic amines) is 1. The first-order valence-electron chi connectivity index (χ1n) is 6.97. The number of carbonyl (C=O) groups excluding carboxylic acids is 1. The van der Waals surface area contributed by atoms with Gasteiger partial charge in [-0.15, -0.1) is 0 Å². The van der Waals surface area contributed by atoms with Crippen LogP contribution in [0.5, 0.6) is 0 Å². The molecular weight excluding hydrogens is 212 g/mol. The summed E-state index contributed by atoms with van der Waals surface area (Å²) in [6, 6.07) is 0.388. The molecule has 2 N–H and O–H groups in total. The summed E-state index contributed by atoms with van der Waals surface area (Å²) in [6.45, 7) is 10.3. The number of nitrogens with two attached hydrogens (primary N) is 1. The lowest BCUT2D eigenvalue weighted by atomic mass is 9.85. The van der Waals surface area contributed by atoms with E-state index >= 15 is 0 Å². The number of hydrogen-bond donors (Lipinski definition) is 1. The minimum Gasteiger partial charge on any atom is -0.339 e. The molecule has 4 atom stereocenters. The van der Waals surface area contributed by atoms with Gasteiger partial charge in [-0.05, 0) is 44.6 Å². The number of rotatable bonds is 4. The van der Waals surface area contributed by atoms with Gasteiger partial charge < -0.3 is 10.6 Å². The molecule has 0 aromatic rings. The van der Waals surface area contributed by atoms with E-state index in [-0.39, 0.29) is 5.92 Å². The first-order chi connectivity index (χ1) is 7.97. The monoisotopic (exact) mass is 240 g/mol. The topological polar surface area (TPSA) is 46.3 Å². The third-order valence-electron chi connectivity index (χ3n) is 4.14. The molecule has 0 saturated carbocycles. The molecule has 0 bridgehead atoms. The van der Waals surface area contributed by atoms with Crippen LogP contribution in [-0.4, -0.2) is 29.9 Å². The summed E-state index contributed by atoms with van der Waals surface area (Å²) in [6.07, 6.45) is 3.10. The van der Waals surface area contributed by atoms with Crippen molar-refractivity contribution in [3.8, 4) is 0 Å². The molecule has 1 aliphatic rings. The lowest BCUT2D eigenvalue weighted by Gasteiger charge is -2.42. The van der Waals surface area contributed by atoms with Crippen LogP contribution < -0.4 is 5.73 Å². The van der Waals surface area contributed by atoms with E-state index in [1.165, 1.54) is 6.42 Å². The van der Waals surface area contributed by atoms with E-state index in [0.717, 1.165) is 19.4 Å². The largest absolute Gasteiger partial charge is 0.339 e. The van der Waals surface area contributed by atoms with Crippen LogP contribution in [-0.2, 0) is 4.79 Å². The van der Waals surface area contributed by atoms with E-state index < -0.39 is 0 Å². The Morgan fingerprint density at radius 2 is 2.06 bits per heavy atom. The highest BCUT2D eigenvalue weighted by molar-refractivity contribution is 5.78. The average molecular weight is 240 g/mol. The Morgan fingerprint density at radius 1 is 1.41 bits per heavy atom. The summed E-state index contributed by atoms with van der Waals surface area (Å²) >= 11 is 0. The van der Waals surface area contributed by atoms with Crippen LogP contribution in [0.3, 0.4) is 0 Å². The van der Waals surface area contributed by atoms with Crippen molar-refractivity contribution in [2.24, 2.45) is 23.5 Å². The van der Waals surface area contributed by atoms with Gasteiger partial charge in [-0.2, -0.15) is 0 Å². The van der Waals surface area contributed by atoms with E-state index in [1.54, 1.807) is 0 Å². The van der Waals surface area contributed by atoms with Crippen LogP contribution in [0.1, 0.15) is 47.0 Å². The fourth-order valence-electron chi connectivity index (χ4n) is 2.84. The Morgan fingerprint density at radius 3 is 2.65 bits per heavy atom. The second-order valence-electron chi connectivity index (χ2n) is 5.88. The van der Waals surface area contributed by atoms with Gasteiger partial charge in [0.05, 0.1) is 0 Å². The maximum atomic E-state index is 12.4. The van der Waals surface area contributed by atoms with Gasteiger partial charge in [-0.25, -0.2) is 0 Å². The maximum Gasteiger partial charge on any atom is 0.225 e. The van der Waals surface area contributed by atoms with Gasteiger partial charge in [0.2, 0.25) is 5.91 Å². The van der Waals surface area contributed by atoms with E-state index in [9.17, 15) is 4.79 Å². The van der Waals surface area contributed by atoms with Gasteiger partial charge in [0.25, 0.3) is 0 Å². The lowest BCUT2D eigenvalue weighted by Crippen LogP contribution is -2.50. The van der Waals surface area contributed by atoms with Crippen molar-refractivity contribution in [2.75, 3.05) is 13.1 Å². The Kier molecular flexibility index (Phi) is 5.44. The fraction of sp³-hybridized carbons (Fsp3) is 0.929. The number of carbonyl (C=O) groups is 1. The second-order valence-corrected chi connectivity index (χ2v) is 5.88. The van der Waals surface area contributed by atoms with Crippen molar-refractivity contribution in [2.45, 2.75) is 53.0 Å². The van der Waals surface area contributed by atoms with Crippen molar-refractivity contribution in [3.05, 3.63) is 0 Å². The molecule has 0 aliphatic carbocycles. The first-order valence-corrected chi connectivity index (χ1v) is 6.97. The summed E-state index contributed by atoms with van der Waals surface area (Å²) in [4.78, 5) is 14.5. The quantitative estimate of drug-likeness (QED) is 0.819. The average Bonchev–Trinajstić information content (AvgIpc) is 2.29.